The van der Waals surface area contributed by atoms with E-state index in [1.165, 1.54) is 37.1 Å². The van der Waals surface area contributed by atoms with Crippen LogP contribution < -0.4 is 5.73 Å². The van der Waals surface area contributed by atoms with E-state index in [0.29, 0.717) is 17.5 Å². The molecule has 0 amide bonds. The van der Waals surface area contributed by atoms with E-state index in [2.05, 4.69) is 48.2 Å². The summed E-state index contributed by atoms with van der Waals surface area (Å²) in [7, 11) is 4.44. The molecule has 1 aromatic rings. The molecule has 0 saturated carbocycles. The van der Waals surface area contributed by atoms with Gasteiger partial charge in [0.15, 0.2) is 0 Å². The first-order chi connectivity index (χ1) is 9.54. The first-order valence-electron chi connectivity index (χ1n) is 7.29. The SMILES string of the molecule is CN1CCC(N(C)Cc2ccc(CC(N)=S)cc2)CC1. The van der Waals surface area contributed by atoms with Crippen LogP contribution in [0.15, 0.2) is 24.3 Å². The van der Waals surface area contributed by atoms with Gasteiger partial charge in [0.25, 0.3) is 0 Å². The minimum atomic E-state index is 0.557. The molecule has 1 aliphatic heterocycles. The number of benzene rings is 1. The maximum Gasteiger partial charge on any atom is 0.0771 e. The lowest BCUT2D eigenvalue weighted by Gasteiger charge is -2.35. The second kappa shape index (κ2) is 7.16. The second-order valence-corrected chi connectivity index (χ2v) is 6.43. The number of piperidine rings is 1. The molecule has 0 radical (unpaired) electrons. The molecule has 0 aromatic heterocycles. The molecular formula is C16H25N3S. The summed E-state index contributed by atoms with van der Waals surface area (Å²) in [5, 5.41) is 0. The molecule has 0 aliphatic carbocycles. The highest BCUT2D eigenvalue weighted by Crippen LogP contribution is 2.17. The van der Waals surface area contributed by atoms with Gasteiger partial charge in [-0.05, 0) is 51.2 Å². The van der Waals surface area contributed by atoms with Crippen LogP contribution in [0.25, 0.3) is 0 Å². The van der Waals surface area contributed by atoms with Gasteiger partial charge in [0.1, 0.15) is 0 Å². The third kappa shape index (κ3) is 4.54. The van der Waals surface area contributed by atoms with E-state index in [1.54, 1.807) is 0 Å². The van der Waals surface area contributed by atoms with Crippen molar-refractivity contribution in [3.63, 3.8) is 0 Å². The first-order valence-corrected chi connectivity index (χ1v) is 7.70. The highest BCUT2D eigenvalue weighted by molar-refractivity contribution is 7.80. The number of hydrogen-bond acceptors (Lipinski definition) is 3. The van der Waals surface area contributed by atoms with Crippen molar-refractivity contribution >= 4 is 17.2 Å². The van der Waals surface area contributed by atoms with E-state index in [9.17, 15) is 0 Å². The fourth-order valence-electron chi connectivity index (χ4n) is 2.82. The quantitative estimate of drug-likeness (QED) is 0.842. The molecule has 2 rings (SSSR count). The molecule has 2 N–H and O–H groups in total. The summed E-state index contributed by atoms with van der Waals surface area (Å²) < 4.78 is 0. The lowest BCUT2D eigenvalue weighted by molar-refractivity contribution is 0.139. The molecule has 3 nitrogen and oxygen atoms in total. The van der Waals surface area contributed by atoms with Gasteiger partial charge in [0.05, 0.1) is 4.99 Å². The van der Waals surface area contributed by atoms with Gasteiger partial charge < -0.3 is 10.6 Å². The van der Waals surface area contributed by atoms with E-state index < -0.39 is 0 Å². The largest absolute Gasteiger partial charge is 0.393 e. The van der Waals surface area contributed by atoms with Gasteiger partial charge in [-0.25, -0.2) is 0 Å². The Morgan fingerprint density at radius 3 is 2.35 bits per heavy atom. The van der Waals surface area contributed by atoms with Crippen molar-refractivity contribution in [1.29, 1.82) is 0 Å². The Morgan fingerprint density at radius 1 is 1.25 bits per heavy atom. The van der Waals surface area contributed by atoms with Gasteiger partial charge in [0.2, 0.25) is 0 Å². The van der Waals surface area contributed by atoms with Crippen LogP contribution in [0.2, 0.25) is 0 Å². The molecule has 20 heavy (non-hydrogen) atoms. The number of likely N-dealkylation sites (tertiary alicyclic amines) is 1. The van der Waals surface area contributed by atoms with Crippen molar-refractivity contribution in [2.24, 2.45) is 5.73 Å². The number of nitrogens with two attached hydrogens (primary N) is 1. The fourth-order valence-corrected chi connectivity index (χ4v) is 2.98. The van der Waals surface area contributed by atoms with Crippen LogP contribution in [0.3, 0.4) is 0 Å². The van der Waals surface area contributed by atoms with Crippen LogP contribution in [0.1, 0.15) is 24.0 Å². The van der Waals surface area contributed by atoms with Crippen LogP contribution in [0, 0.1) is 0 Å². The van der Waals surface area contributed by atoms with Crippen molar-refractivity contribution in [2.45, 2.75) is 31.8 Å². The third-order valence-corrected chi connectivity index (χ3v) is 4.29. The Bertz CT molecular complexity index is 436. The van der Waals surface area contributed by atoms with Gasteiger partial charge in [-0.3, -0.25) is 4.90 Å². The molecule has 1 heterocycles. The first kappa shape index (κ1) is 15.4. The third-order valence-electron chi connectivity index (χ3n) is 4.14. The average Bonchev–Trinajstić information content (AvgIpc) is 2.41. The lowest BCUT2D eigenvalue weighted by atomic mass is 10.0. The molecule has 1 aromatic carbocycles. The van der Waals surface area contributed by atoms with Crippen molar-refractivity contribution in [3.05, 3.63) is 35.4 Å². The van der Waals surface area contributed by atoms with Gasteiger partial charge in [0, 0.05) is 19.0 Å². The Hall–Kier alpha value is -0.970. The van der Waals surface area contributed by atoms with Crippen molar-refractivity contribution in [3.8, 4) is 0 Å². The predicted molar refractivity (Wildman–Crippen MR) is 88.9 cm³/mol. The summed E-state index contributed by atoms with van der Waals surface area (Å²) in [6, 6.07) is 9.37. The standard InChI is InChI=1S/C16H25N3S/c1-18-9-7-15(8-10-18)19(2)12-14-5-3-13(4-6-14)11-16(17)20/h3-6,15H,7-12H2,1-2H3,(H2,17,20). The zero-order valence-corrected chi connectivity index (χ0v) is 13.3. The van der Waals surface area contributed by atoms with E-state index in [0.717, 1.165) is 6.54 Å². The van der Waals surface area contributed by atoms with Crippen molar-refractivity contribution in [1.82, 2.24) is 9.80 Å². The van der Waals surface area contributed by atoms with Gasteiger partial charge >= 0.3 is 0 Å². The normalized spacial score (nSPS) is 17.6. The molecule has 1 fully saturated rings. The van der Waals surface area contributed by atoms with Crippen LogP contribution in [-0.4, -0.2) is 48.0 Å². The fraction of sp³-hybridized carbons (Fsp3) is 0.562. The smallest absolute Gasteiger partial charge is 0.0771 e. The zero-order valence-electron chi connectivity index (χ0n) is 12.5. The molecule has 110 valence electrons. The summed E-state index contributed by atoms with van der Waals surface area (Å²) >= 11 is 4.94. The maximum atomic E-state index is 5.57. The van der Waals surface area contributed by atoms with Crippen molar-refractivity contribution in [2.75, 3.05) is 27.2 Å². The van der Waals surface area contributed by atoms with Crippen LogP contribution >= 0.6 is 12.2 Å². The Kier molecular flexibility index (Phi) is 5.52. The molecule has 1 aliphatic rings. The monoisotopic (exact) mass is 291 g/mol. The van der Waals surface area contributed by atoms with E-state index in [4.69, 9.17) is 18.0 Å². The number of rotatable bonds is 5. The lowest BCUT2D eigenvalue weighted by Crippen LogP contribution is -2.41. The van der Waals surface area contributed by atoms with Gasteiger partial charge in [-0.2, -0.15) is 0 Å². The minimum Gasteiger partial charge on any atom is -0.393 e. The van der Waals surface area contributed by atoms with Crippen LogP contribution in [0.5, 0.6) is 0 Å². The molecule has 0 atom stereocenters. The highest BCUT2D eigenvalue weighted by Gasteiger charge is 2.20. The summed E-state index contributed by atoms with van der Waals surface area (Å²) in [5.74, 6) is 0. The van der Waals surface area contributed by atoms with Crippen molar-refractivity contribution < 1.29 is 0 Å². The van der Waals surface area contributed by atoms with E-state index in [1.807, 2.05) is 0 Å². The maximum absolute atomic E-state index is 5.57. The Balaban J connectivity index is 1.87. The van der Waals surface area contributed by atoms with Gasteiger partial charge in [-0.15, -0.1) is 0 Å². The van der Waals surface area contributed by atoms with Crippen LogP contribution in [-0.2, 0) is 13.0 Å². The highest BCUT2D eigenvalue weighted by atomic mass is 32.1. The topological polar surface area (TPSA) is 32.5 Å². The molecule has 0 spiro atoms. The summed E-state index contributed by atoms with van der Waals surface area (Å²) in [5.41, 5.74) is 8.13. The number of hydrogen-bond donors (Lipinski definition) is 1. The molecule has 0 bridgehead atoms. The van der Waals surface area contributed by atoms with Gasteiger partial charge in [-0.1, -0.05) is 36.5 Å². The Morgan fingerprint density at radius 2 is 1.80 bits per heavy atom. The second-order valence-electron chi connectivity index (χ2n) is 5.91. The van der Waals surface area contributed by atoms with E-state index >= 15 is 0 Å². The predicted octanol–water partition coefficient (Wildman–Crippen LogP) is 2.04. The summed E-state index contributed by atoms with van der Waals surface area (Å²) in [6.45, 7) is 3.44. The zero-order chi connectivity index (χ0) is 14.5. The van der Waals surface area contributed by atoms with E-state index in [-0.39, 0.29) is 0 Å². The Labute approximate surface area is 127 Å². The summed E-state index contributed by atoms with van der Waals surface area (Å²) in [4.78, 5) is 5.45. The molecule has 1 saturated heterocycles. The molecule has 0 unspecified atom stereocenters. The molecular weight excluding hydrogens is 266 g/mol. The summed E-state index contributed by atoms with van der Waals surface area (Å²) in [6.07, 6.45) is 3.24. The van der Waals surface area contributed by atoms with Crippen LogP contribution in [0.4, 0.5) is 0 Å². The number of thiocarbonyl (C=S) groups is 1. The molecule has 4 heteroatoms. The average molecular weight is 291 g/mol. The number of nitrogens with zero attached hydrogens (tertiary/aromatic N) is 2. The minimum absolute atomic E-state index is 0.557.